The predicted octanol–water partition coefficient (Wildman–Crippen LogP) is 2.96. The number of nitrogen functional groups attached to an aromatic ring is 1. The Morgan fingerprint density at radius 1 is 0.842 bits per heavy atom. The molecule has 0 saturated carbocycles. The molecule has 4 nitrogen and oxygen atoms in total. The third-order valence-electron chi connectivity index (χ3n) is 2.90. The van der Waals surface area contributed by atoms with Gasteiger partial charge >= 0.3 is 0 Å². The Hall–Kier alpha value is -2.36. The Balaban J connectivity index is 2.64. The zero-order valence-electron chi connectivity index (χ0n) is 11.3. The molecule has 0 aromatic heterocycles. The van der Waals surface area contributed by atoms with Gasteiger partial charge in [0.2, 0.25) is 5.75 Å². The molecule has 0 aliphatic heterocycles. The molecule has 2 rings (SSSR count). The normalized spacial score (nSPS) is 10.1. The lowest BCUT2D eigenvalue weighted by Gasteiger charge is -2.16. The molecule has 19 heavy (non-hydrogen) atoms. The van der Waals surface area contributed by atoms with Gasteiger partial charge in [-0.2, -0.15) is 0 Å². The largest absolute Gasteiger partial charge is 0.493 e. The minimum absolute atomic E-state index is 0.574. The lowest BCUT2D eigenvalue weighted by molar-refractivity contribution is 0.325. The fraction of sp³-hybridized carbons (Fsp3) is 0.200. The molecule has 100 valence electrons. The highest BCUT2D eigenvalue weighted by Gasteiger charge is 2.16. The van der Waals surface area contributed by atoms with Crippen molar-refractivity contribution in [1.29, 1.82) is 0 Å². The highest BCUT2D eigenvalue weighted by Crippen LogP contribution is 2.44. The smallest absolute Gasteiger partial charge is 0.203 e. The van der Waals surface area contributed by atoms with E-state index in [0.717, 1.165) is 11.1 Å². The van der Waals surface area contributed by atoms with Crippen LogP contribution in [0.15, 0.2) is 36.4 Å². The molecule has 0 amide bonds. The van der Waals surface area contributed by atoms with Crippen LogP contribution in [0.25, 0.3) is 11.1 Å². The maximum absolute atomic E-state index is 5.82. The number of benzene rings is 2. The molecule has 0 radical (unpaired) electrons. The topological polar surface area (TPSA) is 53.7 Å². The van der Waals surface area contributed by atoms with Gasteiger partial charge in [-0.15, -0.1) is 0 Å². The molecular formula is C15H17NO3. The van der Waals surface area contributed by atoms with Crippen LogP contribution >= 0.6 is 0 Å². The van der Waals surface area contributed by atoms with Gasteiger partial charge in [0.05, 0.1) is 21.3 Å². The van der Waals surface area contributed by atoms with E-state index in [9.17, 15) is 0 Å². The van der Waals surface area contributed by atoms with Crippen LogP contribution in [0.5, 0.6) is 17.2 Å². The summed E-state index contributed by atoms with van der Waals surface area (Å²) in [6.07, 6.45) is 0. The Labute approximate surface area is 112 Å². The highest BCUT2D eigenvalue weighted by atomic mass is 16.5. The number of rotatable bonds is 4. The SMILES string of the molecule is COc1ccc(-c2cccc(N)c2)c(OC)c1OC. The second-order valence-corrected chi connectivity index (χ2v) is 4.01. The van der Waals surface area contributed by atoms with Crippen LogP contribution < -0.4 is 19.9 Å². The van der Waals surface area contributed by atoms with Crippen LogP contribution in [0.3, 0.4) is 0 Å². The van der Waals surface area contributed by atoms with Crippen molar-refractivity contribution in [3.63, 3.8) is 0 Å². The van der Waals surface area contributed by atoms with Crippen molar-refractivity contribution in [2.45, 2.75) is 0 Å². The summed E-state index contributed by atoms with van der Waals surface area (Å²) in [5, 5.41) is 0. The van der Waals surface area contributed by atoms with Crippen molar-refractivity contribution < 1.29 is 14.2 Å². The Morgan fingerprint density at radius 2 is 1.58 bits per heavy atom. The monoisotopic (exact) mass is 259 g/mol. The maximum Gasteiger partial charge on any atom is 0.203 e. The van der Waals surface area contributed by atoms with Crippen molar-refractivity contribution in [3.8, 4) is 28.4 Å². The highest BCUT2D eigenvalue weighted by molar-refractivity contribution is 5.77. The second kappa shape index (κ2) is 5.52. The molecule has 0 spiro atoms. The van der Waals surface area contributed by atoms with Crippen LogP contribution in [0, 0.1) is 0 Å². The fourth-order valence-electron chi connectivity index (χ4n) is 2.03. The molecule has 2 N–H and O–H groups in total. The van der Waals surface area contributed by atoms with Crippen LogP contribution in [0.1, 0.15) is 0 Å². The van der Waals surface area contributed by atoms with Gasteiger partial charge in [0.25, 0.3) is 0 Å². The summed E-state index contributed by atoms with van der Waals surface area (Å²) in [6.45, 7) is 0. The quantitative estimate of drug-likeness (QED) is 0.858. The summed E-state index contributed by atoms with van der Waals surface area (Å²) in [7, 11) is 4.79. The number of nitrogens with two attached hydrogens (primary N) is 1. The average molecular weight is 259 g/mol. The summed E-state index contributed by atoms with van der Waals surface area (Å²) in [6, 6.07) is 11.4. The first-order valence-electron chi connectivity index (χ1n) is 5.86. The summed E-state index contributed by atoms with van der Waals surface area (Å²) in [5.74, 6) is 1.84. The summed E-state index contributed by atoms with van der Waals surface area (Å²) >= 11 is 0. The maximum atomic E-state index is 5.82. The summed E-state index contributed by atoms with van der Waals surface area (Å²) in [5.41, 5.74) is 8.40. The van der Waals surface area contributed by atoms with Gasteiger partial charge in [-0.25, -0.2) is 0 Å². The lowest BCUT2D eigenvalue weighted by atomic mass is 10.0. The van der Waals surface area contributed by atoms with Crippen LogP contribution in [0.4, 0.5) is 5.69 Å². The summed E-state index contributed by atoms with van der Waals surface area (Å²) in [4.78, 5) is 0. The van der Waals surface area contributed by atoms with E-state index >= 15 is 0 Å². The van der Waals surface area contributed by atoms with Crippen LogP contribution in [-0.4, -0.2) is 21.3 Å². The van der Waals surface area contributed by atoms with Crippen LogP contribution in [-0.2, 0) is 0 Å². The molecule has 0 saturated heterocycles. The fourth-order valence-corrected chi connectivity index (χ4v) is 2.03. The molecule has 0 bridgehead atoms. The van der Waals surface area contributed by atoms with E-state index < -0.39 is 0 Å². The van der Waals surface area contributed by atoms with Crippen molar-refractivity contribution in [2.24, 2.45) is 0 Å². The molecule has 2 aromatic rings. The zero-order chi connectivity index (χ0) is 13.8. The minimum Gasteiger partial charge on any atom is -0.493 e. The second-order valence-electron chi connectivity index (χ2n) is 4.01. The van der Waals surface area contributed by atoms with Gasteiger partial charge in [0.15, 0.2) is 11.5 Å². The lowest BCUT2D eigenvalue weighted by Crippen LogP contribution is -1.97. The van der Waals surface area contributed by atoms with E-state index in [1.165, 1.54) is 0 Å². The number of methoxy groups -OCH3 is 3. The Morgan fingerprint density at radius 3 is 2.16 bits per heavy atom. The average Bonchev–Trinajstić information content (AvgIpc) is 2.45. The van der Waals surface area contributed by atoms with E-state index in [1.807, 2.05) is 36.4 Å². The molecule has 0 heterocycles. The molecule has 4 heteroatoms. The third kappa shape index (κ3) is 2.42. The van der Waals surface area contributed by atoms with Gasteiger partial charge < -0.3 is 19.9 Å². The molecule has 0 aliphatic rings. The molecule has 2 aromatic carbocycles. The summed E-state index contributed by atoms with van der Waals surface area (Å²) < 4.78 is 16.1. The first-order valence-corrected chi connectivity index (χ1v) is 5.86. The number of anilines is 1. The van der Waals surface area contributed by atoms with E-state index in [-0.39, 0.29) is 0 Å². The Bertz CT molecular complexity index is 582. The standard InChI is InChI=1S/C15H17NO3/c1-17-13-8-7-12(14(18-2)15(13)19-3)10-5-4-6-11(16)9-10/h4-9H,16H2,1-3H3. The number of ether oxygens (including phenoxy) is 3. The van der Waals surface area contributed by atoms with E-state index in [0.29, 0.717) is 22.9 Å². The number of hydrogen-bond acceptors (Lipinski definition) is 4. The van der Waals surface area contributed by atoms with Gasteiger partial charge in [-0.3, -0.25) is 0 Å². The molecule has 0 unspecified atom stereocenters. The first-order chi connectivity index (χ1) is 9.21. The van der Waals surface area contributed by atoms with E-state index in [1.54, 1.807) is 21.3 Å². The van der Waals surface area contributed by atoms with Crippen molar-refractivity contribution in [1.82, 2.24) is 0 Å². The minimum atomic E-state index is 0.574. The zero-order valence-corrected chi connectivity index (χ0v) is 11.3. The number of hydrogen-bond donors (Lipinski definition) is 1. The van der Waals surface area contributed by atoms with Crippen molar-refractivity contribution >= 4 is 5.69 Å². The van der Waals surface area contributed by atoms with Gasteiger partial charge in [0, 0.05) is 11.3 Å². The van der Waals surface area contributed by atoms with E-state index in [4.69, 9.17) is 19.9 Å². The molecule has 0 aliphatic carbocycles. The van der Waals surface area contributed by atoms with Crippen molar-refractivity contribution in [2.75, 3.05) is 27.1 Å². The predicted molar refractivity (Wildman–Crippen MR) is 75.9 cm³/mol. The van der Waals surface area contributed by atoms with Crippen molar-refractivity contribution in [3.05, 3.63) is 36.4 Å². The van der Waals surface area contributed by atoms with E-state index in [2.05, 4.69) is 0 Å². The van der Waals surface area contributed by atoms with Gasteiger partial charge in [0.1, 0.15) is 0 Å². The first kappa shape index (κ1) is 13.1. The van der Waals surface area contributed by atoms with Crippen LogP contribution in [0.2, 0.25) is 0 Å². The molecule has 0 fully saturated rings. The molecule has 0 atom stereocenters. The molecular weight excluding hydrogens is 242 g/mol. The van der Waals surface area contributed by atoms with Gasteiger partial charge in [-0.05, 0) is 29.8 Å². The Kier molecular flexibility index (Phi) is 3.80. The third-order valence-corrected chi connectivity index (χ3v) is 2.90. The van der Waals surface area contributed by atoms with Gasteiger partial charge in [-0.1, -0.05) is 12.1 Å².